The molecule has 4 heterocycles. The molecule has 3 aromatic heterocycles. The number of rotatable bonds is 9. The van der Waals surface area contributed by atoms with Gasteiger partial charge in [-0.05, 0) is 37.8 Å². The van der Waals surface area contributed by atoms with Crippen LogP contribution < -0.4 is 16.0 Å². The Labute approximate surface area is 245 Å². The Morgan fingerprint density at radius 1 is 1.26 bits per heavy atom. The van der Waals surface area contributed by atoms with Crippen LogP contribution in [0.1, 0.15) is 25.5 Å². The zero-order valence-electron chi connectivity index (χ0n) is 23.7. The van der Waals surface area contributed by atoms with E-state index in [2.05, 4.69) is 9.88 Å². The number of furan rings is 1. The summed E-state index contributed by atoms with van der Waals surface area (Å²) in [4.78, 5) is 28.3. The Balaban J connectivity index is 0.000000541. The maximum absolute atomic E-state index is 13.0. The van der Waals surface area contributed by atoms with E-state index in [-0.39, 0.29) is 23.9 Å². The van der Waals surface area contributed by atoms with E-state index in [1.54, 1.807) is 36.3 Å². The number of nitrogens with two attached hydrogens (primary N) is 1. The average molecular weight is 630 g/mol. The Kier molecular flexibility index (Phi) is 9.83. The molecule has 1 unspecified atom stereocenters. The highest BCUT2D eigenvalue weighted by atomic mass is 32.2. The van der Waals surface area contributed by atoms with E-state index in [9.17, 15) is 26.4 Å². The van der Waals surface area contributed by atoms with Crippen LogP contribution in [0.4, 0.5) is 13.2 Å². The summed E-state index contributed by atoms with van der Waals surface area (Å²) < 4.78 is 72.0. The molecular formula is C27H34F3N5O7S. The van der Waals surface area contributed by atoms with Gasteiger partial charge in [0.05, 0.1) is 30.5 Å². The van der Waals surface area contributed by atoms with Crippen LogP contribution in [-0.4, -0.2) is 89.0 Å². The van der Waals surface area contributed by atoms with Crippen molar-refractivity contribution in [1.82, 2.24) is 18.8 Å². The lowest BCUT2D eigenvalue weighted by atomic mass is 10.1. The van der Waals surface area contributed by atoms with Crippen molar-refractivity contribution in [3.05, 3.63) is 46.8 Å². The van der Waals surface area contributed by atoms with Crippen LogP contribution in [0.2, 0.25) is 0 Å². The number of piperazine rings is 1. The van der Waals surface area contributed by atoms with Gasteiger partial charge in [-0.15, -0.1) is 0 Å². The van der Waals surface area contributed by atoms with E-state index in [1.165, 1.54) is 17.1 Å². The molecule has 0 radical (unpaired) electrons. The number of pyridine rings is 2. The van der Waals surface area contributed by atoms with Crippen molar-refractivity contribution in [2.75, 3.05) is 38.5 Å². The smallest absolute Gasteiger partial charge is 0.490 e. The quantitative estimate of drug-likeness (QED) is 0.360. The van der Waals surface area contributed by atoms with Gasteiger partial charge in [0, 0.05) is 62.8 Å². The van der Waals surface area contributed by atoms with E-state index in [1.807, 2.05) is 13.0 Å². The molecule has 12 nitrogen and oxygen atoms in total. The van der Waals surface area contributed by atoms with Crippen LogP contribution in [-0.2, 0) is 28.4 Å². The molecule has 3 aromatic rings. The summed E-state index contributed by atoms with van der Waals surface area (Å²) in [6, 6.07) is 3.67. The molecule has 2 aliphatic rings. The second-order valence-corrected chi connectivity index (χ2v) is 12.7. The van der Waals surface area contributed by atoms with Gasteiger partial charge in [-0.2, -0.15) is 17.5 Å². The van der Waals surface area contributed by atoms with Gasteiger partial charge in [-0.25, -0.2) is 13.2 Å². The number of nitrogens with zero attached hydrogens (tertiary/aromatic N) is 4. The average Bonchev–Trinajstić information content (AvgIpc) is 3.68. The van der Waals surface area contributed by atoms with Gasteiger partial charge < -0.3 is 24.6 Å². The highest BCUT2D eigenvalue weighted by Crippen LogP contribution is 2.37. The van der Waals surface area contributed by atoms with Gasteiger partial charge in [-0.3, -0.25) is 14.7 Å². The molecule has 0 spiro atoms. The Morgan fingerprint density at radius 3 is 2.56 bits per heavy atom. The summed E-state index contributed by atoms with van der Waals surface area (Å²) >= 11 is 0. The minimum absolute atomic E-state index is 0.00978. The monoisotopic (exact) mass is 629 g/mol. The van der Waals surface area contributed by atoms with Crippen molar-refractivity contribution in [3.63, 3.8) is 0 Å². The van der Waals surface area contributed by atoms with Gasteiger partial charge in [-0.1, -0.05) is 0 Å². The molecule has 3 N–H and O–H groups in total. The fourth-order valence-electron chi connectivity index (χ4n) is 4.71. The number of carboxylic acids is 1. The van der Waals surface area contributed by atoms with Crippen LogP contribution in [0.25, 0.3) is 22.1 Å². The molecule has 0 bridgehead atoms. The van der Waals surface area contributed by atoms with Gasteiger partial charge in [0.25, 0.3) is 5.56 Å². The Bertz CT molecular complexity index is 1620. The molecule has 2 fully saturated rings. The lowest BCUT2D eigenvalue weighted by Gasteiger charge is -2.38. The topological polar surface area (TPSA) is 161 Å². The van der Waals surface area contributed by atoms with Gasteiger partial charge in [0.15, 0.2) is 0 Å². The van der Waals surface area contributed by atoms with Crippen molar-refractivity contribution in [3.8, 4) is 16.9 Å². The highest BCUT2D eigenvalue weighted by molar-refractivity contribution is 7.89. The first kappa shape index (κ1) is 32.4. The van der Waals surface area contributed by atoms with E-state index < -0.39 is 22.2 Å². The van der Waals surface area contributed by atoms with E-state index >= 15 is 0 Å². The number of aliphatic carboxylic acids is 1. The number of hydrogen-bond donors (Lipinski definition) is 2. The van der Waals surface area contributed by atoms with E-state index in [4.69, 9.17) is 24.8 Å². The largest absolute Gasteiger partial charge is 0.491 e. The van der Waals surface area contributed by atoms with E-state index in [0.29, 0.717) is 61.2 Å². The predicted octanol–water partition coefficient (Wildman–Crippen LogP) is 2.41. The van der Waals surface area contributed by atoms with Crippen LogP contribution >= 0.6 is 0 Å². The molecule has 1 aliphatic carbocycles. The third kappa shape index (κ3) is 7.93. The summed E-state index contributed by atoms with van der Waals surface area (Å²) in [5, 5.41) is 7.63. The lowest BCUT2D eigenvalue weighted by molar-refractivity contribution is -0.192. The number of carboxylic acid groups (broad SMARTS) is 1. The van der Waals surface area contributed by atoms with Crippen LogP contribution in [0.3, 0.4) is 0 Å². The molecule has 1 saturated carbocycles. The SMILES string of the molecule is CC1CN(S(=O)(=O)CCN)CCN1Cc1cc2c(=O)n(C)cc(-c3ccncc3OCC3CC3)c2o1.O=C(O)C(F)(F)F. The number of aromatic nitrogens is 2. The van der Waals surface area contributed by atoms with Crippen LogP contribution in [0, 0.1) is 5.92 Å². The van der Waals surface area contributed by atoms with E-state index in [0.717, 1.165) is 11.1 Å². The first-order valence-corrected chi connectivity index (χ1v) is 15.2. The van der Waals surface area contributed by atoms with Crippen molar-refractivity contribution < 1.29 is 40.6 Å². The van der Waals surface area contributed by atoms with Crippen molar-refractivity contribution in [1.29, 1.82) is 0 Å². The first-order valence-electron chi connectivity index (χ1n) is 13.6. The Hall–Kier alpha value is -3.47. The zero-order chi connectivity index (χ0) is 31.5. The van der Waals surface area contributed by atoms with Gasteiger partial charge in [0.1, 0.15) is 17.1 Å². The summed E-state index contributed by atoms with van der Waals surface area (Å²) in [6.07, 6.45) is 2.49. The molecule has 43 heavy (non-hydrogen) atoms. The van der Waals surface area contributed by atoms with Crippen molar-refractivity contribution in [2.24, 2.45) is 18.7 Å². The number of sulfonamides is 1. The minimum atomic E-state index is -5.08. The number of fused-ring (bicyclic) bond motifs is 1. The highest BCUT2D eigenvalue weighted by Gasteiger charge is 2.38. The maximum atomic E-state index is 13.0. The van der Waals surface area contributed by atoms with Crippen LogP contribution in [0.15, 0.2) is 39.9 Å². The third-order valence-corrected chi connectivity index (χ3v) is 9.12. The molecule has 1 aliphatic heterocycles. The maximum Gasteiger partial charge on any atom is 0.490 e. The molecule has 0 aromatic carbocycles. The summed E-state index contributed by atoms with van der Waals surface area (Å²) in [7, 11) is -1.61. The number of aryl methyl sites for hydroxylation is 1. The lowest BCUT2D eigenvalue weighted by Crippen LogP contribution is -2.53. The molecular weight excluding hydrogens is 595 g/mol. The molecule has 16 heteroatoms. The zero-order valence-corrected chi connectivity index (χ0v) is 24.5. The molecule has 0 amide bonds. The third-order valence-electron chi connectivity index (χ3n) is 7.25. The predicted molar refractivity (Wildman–Crippen MR) is 151 cm³/mol. The summed E-state index contributed by atoms with van der Waals surface area (Å²) in [6.45, 7) is 4.60. The fraction of sp³-hybridized carbons (Fsp3) is 0.519. The minimum Gasteiger partial charge on any atom is -0.491 e. The number of alkyl halides is 3. The van der Waals surface area contributed by atoms with Crippen molar-refractivity contribution >= 4 is 27.0 Å². The number of halogens is 3. The van der Waals surface area contributed by atoms with Gasteiger partial charge in [0.2, 0.25) is 10.0 Å². The second kappa shape index (κ2) is 13.0. The number of hydrogen-bond acceptors (Lipinski definition) is 9. The molecule has 1 atom stereocenters. The molecule has 1 saturated heterocycles. The first-order chi connectivity index (χ1) is 20.2. The normalized spacial score (nSPS) is 18.3. The van der Waals surface area contributed by atoms with Gasteiger partial charge >= 0.3 is 12.1 Å². The van der Waals surface area contributed by atoms with Crippen molar-refractivity contribution in [2.45, 2.75) is 38.5 Å². The number of carbonyl (C=O) groups is 1. The summed E-state index contributed by atoms with van der Waals surface area (Å²) in [5.41, 5.74) is 7.47. The molecule has 5 rings (SSSR count). The second-order valence-electron chi connectivity index (χ2n) is 10.6. The molecule has 236 valence electrons. The standard InChI is InChI=1S/C25H33N5O5S.C2HF3O2/c1-17-13-30(36(32,33)10-6-26)9-8-29(17)14-19-11-21-24(35-19)22(15-28(2)25(21)31)20-5-7-27-12-23(20)34-16-18-3-4-18;3-2(4,5)1(6)7/h5,7,11-12,15,17-18H,3-4,6,8-10,13-14,16,26H2,1-2H3;(H,6,7). The van der Waals surface area contributed by atoms with Crippen LogP contribution in [0.5, 0.6) is 5.75 Å². The summed E-state index contributed by atoms with van der Waals surface area (Å²) in [5.74, 6) is -0.870. The fourth-order valence-corrected chi connectivity index (χ4v) is 6.07. The Morgan fingerprint density at radius 2 is 1.95 bits per heavy atom. The number of ether oxygens (including phenoxy) is 1.